The summed E-state index contributed by atoms with van der Waals surface area (Å²) >= 11 is 0. The first-order valence-corrected chi connectivity index (χ1v) is 9.63. The van der Waals surface area contributed by atoms with E-state index >= 15 is 0 Å². The summed E-state index contributed by atoms with van der Waals surface area (Å²) < 4.78 is 3.42. The van der Waals surface area contributed by atoms with Gasteiger partial charge in [0, 0.05) is 29.1 Å². The Morgan fingerprint density at radius 3 is 2.79 bits per heavy atom. The molecule has 148 valence electrons. The van der Waals surface area contributed by atoms with E-state index in [-0.39, 0.29) is 12.6 Å². The smallest absolute Gasteiger partial charge is 0.250 e. The van der Waals surface area contributed by atoms with Crippen molar-refractivity contribution in [3.05, 3.63) is 46.9 Å². The highest BCUT2D eigenvalue weighted by Gasteiger charge is 2.27. The van der Waals surface area contributed by atoms with Gasteiger partial charge in [0.2, 0.25) is 5.91 Å². The second kappa shape index (κ2) is 7.83. The fraction of sp³-hybridized carbons (Fsp3) is 0.400. The van der Waals surface area contributed by atoms with Gasteiger partial charge in [0.05, 0.1) is 42.0 Å². The van der Waals surface area contributed by atoms with Gasteiger partial charge in [-0.1, -0.05) is 18.0 Å². The van der Waals surface area contributed by atoms with Crippen molar-refractivity contribution in [2.45, 2.75) is 44.7 Å². The minimum Gasteiger partial charge on any atom is -0.366 e. The Hall–Kier alpha value is -3.54. The number of rotatable bonds is 7. The molecule has 4 rings (SSSR count). The zero-order valence-corrected chi connectivity index (χ0v) is 15.9. The summed E-state index contributed by atoms with van der Waals surface area (Å²) in [6, 6.07) is 3.96. The highest BCUT2D eigenvalue weighted by molar-refractivity contribution is 5.96. The van der Waals surface area contributed by atoms with Crippen LogP contribution in [0.3, 0.4) is 0 Å². The van der Waals surface area contributed by atoms with Gasteiger partial charge in [-0.3, -0.25) is 9.48 Å². The molecule has 3 aromatic rings. The second-order valence-electron chi connectivity index (χ2n) is 7.44. The number of carbonyl (C=O) groups is 1. The minimum absolute atomic E-state index is 0.0229. The van der Waals surface area contributed by atoms with Gasteiger partial charge in [-0.25, -0.2) is 4.52 Å². The fourth-order valence-corrected chi connectivity index (χ4v) is 4.31. The molecule has 1 aliphatic carbocycles. The molecule has 1 aliphatic rings. The number of nitroso groups, excluding NO2 is 1. The first-order chi connectivity index (χ1) is 14.1. The van der Waals surface area contributed by atoms with Crippen molar-refractivity contribution in [2.24, 2.45) is 16.8 Å². The lowest BCUT2D eigenvalue weighted by Gasteiger charge is -2.21. The zero-order valence-electron chi connectivity index (χ0n) is 15.9. The van der Waals surface area contributed by atoms with Crippen LogP contribution in [0.15, 0.2) is 36.0 Å². The van der Waals surface area contributed by atoms with Crippen molar-refractivity contribution in [3.63, 3.8) is 0 Å². The third-order valence-corrected chi connectivity index (χ3v) is 5.71. The molecule has 0 bridgehead atoms. The van der Waals surface area contributed by atoms with E-state index in [1.54, 1.807) is 29.2 Å². The van der Waals surface area contributed by atoms with Gasteiger partial charge < -0.3 is 5.73 Å². The third kappa shape index (κ3) is 3.49. The number of primary amides is 1. The highest BCUT2D eigenvalue weighted by atomic mass is 16.3. The molecule has 1 unspecified atom stereocenters. The normalized spacial score (nSPS) is 15.4. The quantitative estimate of drug-likeness (QED) is 0.618. The molecule has 9 nitrogen and oxygen atoms in total. The van der Waals surface area contributed by atoms with Crippen LogP contribution in [0.2, 0.25) is 0 Å². The summed E-state index contributed by atoms with van der Waals surface area (Å²) in [5.74, 6) is -0.117. The molecule has 0 spiro atoms. The van der Waals surface area contributed by atoms with Gasteiger partial charge in [0.15, 0.2) is 0 Å². The van der Waals surface area contributed by atoms with Crippen LogP contribution in [0.1, 0.15) is 54.1 Å². The van der Waals surface area contributed by atoms with Crippen LogP contribution >= 0.6 is 0 Å². The van der Waals surface area contributed by atoms with Crippen LogP contribution in [-0.4, -0.2) is 25.3 Å². The SMILES string of the molecule is N#CCC(C1CCCC1)n1cc(-c2c(CN=O)cnn3cc(C(N)=O)cc23)cn1. The van der Waals surface area contributed by atoms with Gasteiger partial charge in [-0.2, -0.15) is 20.4 Å². The van der Waals surface area contributed by atoms with E-state index in [4.69, 9.17) is 5.73 Å². The summed E-state index contributed by atoms with van der Waals surface area (Å²) in [6.07, 6.45) is 11.7. The summed E-state index contributed by atoms with van der Waals surface area (Å²) in [5.41, 5.74) is 8.55. The number of carbonyl (C=O) groups excluding carboxylic acids is 1. The summed E-state index contributed by atoms with van der Waals surface area (Å²) in [6.45, 7) is -0.0503. The van der Waals surface area contributed by atoms with Crippen LogP contribution < -0.4 is 5.73 Å². The van der Waals surface area contributed by atoms with E-state index in [0.717, 1.165) is 24.0 Å². The number of nitrogens with zero attached hydrogens (tertiary/aromatic N) is 6. The van der Waals surface area contributed by atoms with Crippen molar-refractivity contribution in [3.8, 4) is 17.2 Å². The van der Waals surface area contributed by atoms with Crippen molar-refractivity contribution in [1.29, 1.82) is 5.26 Å². The van der Waals surface area contributed by atoms with Crippen molar-refractivity contribution in [1.82, 2.24) is 19.4 Å². The van der Waals surface area contributed by atoms with Crippen LogP contribution in [0.5, 0.6) is 0 Å². The third-order valence-electron chi connectivity index (χ3n) is 5.71. The maximum absolute atomic E-state index is 11.6. The van der Waals surface area contributed by atoms with E-state index in [2.05, 4.69) is 21.4 Å². The molecule has 1 atom stereocenters. The number of nitrogens with two attached hydrogens (primary N) is 1. The van der Waals surface area contributed by atoms with Gasteiger partial charge in [-0.05, 0) is 24.8 Å². The van der Waals surface area contributed by atoms with Crippen LogP contribution in [0, 0.1) is 22.2 Å². The average molecular weight is 391 g/mol. The Morgan fingerprint density at radius 1 is 1.31 bits per heavy atom. The Balaban J connectivity index is 1.81. The van der Waals surface area contributed by atoms with Crippen molar-refractivity contribution >= 4 is 11.4 Å². The molecule has 0 aromatic carbocycles. The van der Waals surface area contributed by atoms with Crippen molar-refractivity contribution < 1.29 is 4.79 Å². The van der Waals surface area contributed by atoms with E-state index in [1.807, 2.05) is 10.9 Å². The number of hydrogen-bond acceptors (Lipinski definition) is 6. The van der Waals surface area contributed by atoms with Gasteiger partial charge in [0.1, 0.15) is 6.54 Å². The topological polar surface area (TPSA) is 131 Å². The minimum atomic E-state index is -0.553. The second-order valence-corrected chi connectivity index (χ2v) is 7.44. The largest absolute Gasteiger partial charge is 0.366 e. The molecule has 1 fully saturated rings. The monoisotopic (exact) mass is 391 g/mol. The van der Waals surface area contributed by atoms with Crippen LogP contribution in [0.4, 0.5) is 0 Å². The molecular weight excluding hydrogens is 370 g/mol. The standard InChI is InChI=1S/C20H21N7O2/c21-6-5-17(13-3-1-2-4-13)26-12-16(9-24-26)19-15(10-25-29)8-23-27-11-14(20(22)28)7-18(19)27/h7-9,11-13,17H,1-5,10H2,(H2,22,28). The Morgan fingerprint density at radius 2 is 2.10 bits per heavy atom. The van der Waals surface area contributed by atoms with Gasteiger partial charge >= 0.3 is 0 Å². The number of aromatic nitrogens is 4. The maximum atomic E-state index is 11.6. The molecule has 2 N–H and O–H groups in total. The van der Waals surface area contributed by atoms with Crippen LogP contribution in [0.25, 0.3) is 16.6 Å². The van der Waals surface area contributed by atoms with Gasteiger partial charge in [0.25, 0.3) is 0 Å². The predicted molar refractivity (Wildman–Crippen MR) is 106 cm³/mol. The van der Waals surface area contributed by atoms with Crippen LogP contribution in [-0.2, 0) is 6.54 Å². The summed E-state index contributed by atoms with van der Waals surface area (Å²) in [5, 5.41) is 21.1. The highest BCUT2D eigenvalue weighted by Crippen LogP contribution is 2.37. The summed E-state index contributed by atoms with van der Waals surface area (Å²) in [7, 11) is 0. The number of hydrogen-bond donors (Lipinski definition) is 1. The lowest BCUT2D eigenvalue weighted by molar-refractivity contribution is 0.100. The number of amides is 1. The lowest BCUT2D eigenvalue weighted by atomic mass is 9.96. The molecule has 3 heterocycles. The molecule has 0 saturated heterocycles. The number of nitriles is 1. The van der Waals surface area contributed by atoms with Crippen molar-refractivity contribution in [2.75, 3.05) is 0 Å². The van der Waals surface area contributed by atoms with E-state index < -0.39 is 5.91 Å². The fourth-order valence-electron chi connectivity index (χ4n) is 4.31. The molecule has 3 aromatic heterocycles. The predicted octanol–water partition coefficient (Wildman–Crippen LogP) is 3.21. The molecule has 1 saturated carbocycles. The average Bonchev–Trinajstić information content (AvgIpc) is 3.46. The summed E-state index contributed by atoms with van der Waals surface area (Å²) in [4.78, 5) is 22.6. The van der Waals surface area contributed by atoms with E-state index in [9.17, 15) is 15.0 Å². The molecule has 1 amide bonds. The molecule has 0 aliphatic heterocycles. The Labute approximate surface area is 167 Å². The zero-order chi connectivity index (χ0) is 20.4. The van der Waals surface area contributed by atoms with E-state index in [0.29, 0.717) is 29.0 Å². The van der Waals surface area contributed by atoms with Gasteiger partial charge in [-0.15, -0.1) is 0 Å². The lowest BCUT2D eigenvalue weighted by Crippen LogP contribution is -2.17. The number of fused-ring (bicyclic) bond motifs is 1. The van der Waals surface area contributed by atoms with E-state index in [1.165, 1.54) is 12.8 Å². The molecule has 0 radical (unpaired) electrons. The maximum Gasteiger partial charge on any atom is 0.250 e. The first-order valence-electron chi connectivity index (χ1n) is 9.63. The molecule has 9 heteroatoms. The Kier molecular flexibility index (Phi) is 5.08. The molecule has 29 heavy (non-hydrogen) atoms. The Bertz CT molecular complexity index is 1100. The first kappa shape index (κ1) is 18.8. The molecular formula is C20H21N7O2.